The number of carbonyl (C=O) groups is 2. The number of aromatic nitrogens is 2. The Morgan fingerprint density at radius 3 is 2.21 bits per heavy atom. The second-order valence-corrected chi connectivity index (χ2v) is 11.1. The lowest BCUT2D eigenvalue weighted by Crippen LogP contribution is -2.54. The number of methoxy groups -OCH3 is 1. The number of aliphatic hydroxyl groups is 3. The normalized spacial score (nSPS) is 26.3. The van der Waals surface area contributed by atoms with Crippen molar-refractivity contribution in [3.63, 3.8) is 0 Å². The summed E-state index contributed by atoms with van der Waals surface area (Å²) in [6.45, 7) is 0.219. The first kappa shape index (κ1) is 33.7. The monoisotopic (exact) mass is 652 g/mol. The average molecular weight is 653 g/mol. The van der Waals surface area contributed by atoms with Crippen LogP contribution in [0.3, 0.4) is 0 Å². The first-order valence-corrected chi connectivity index (χ1v) is 14.8. The van der Waals surface area contributed by atoms with Crippen LogP contribution < -0.4 is 22.3 Å². The molecule has 15 nitrogen and oxygen atoms in total. The molecule has 0 saturated carbocycles. The summed E-state index contributed by atoms with van der Waals surface area (Å²) >= 11 is 0. The third-order valence-corrected chi connectivity index (χ3v) is 8.05. The first-order valence-electron chi connectivity index (χ1n) is 14.8. The molecule has 1 fully saturated rings. The Morgan fingerprint density at radius 1 is 1.00 bits per heavy atom. The number of nitrogens with two attached hydrogens (primary N) is 1. The quantitative estimate of drug-likeness (QED) is 0.139. The maximum absolute atomic E-state index is 13.1. The highest BCUT2D eigenvalue weighted by Crippen LogP contribution is 2.34. The van der Waals surface area contributed by atoms with E-state index in [0.717, 1.165) is 34.0 Å². The molecule has 7 N–H and O–H groups in total. The van der Waals surface area contributed by atoms with Gasteiger partial charge >= 0.3 is 5.69 Å². The van der Waals surface area contributed by atoms with Gasteiger partial charge in [0.05, 0.1) is 0 Å². The molecular weight excluding hydrogens is 616 g/mol. The smallest absolute Gasteiger partial charge is 0.330 e. The molecule has 47 heavy (non-hydrogen) atoms. The average Bonchev–Trinajstić information content (AvgIpc) is 3.39. The highest BCUT2D eigenvalue weighted by Gasteiger charge is 2.52. The third kappa shape index (κ3) is 7.51. The molecule has 0 bridgehead atoms. The number of nitrogens with zero attached hydrogens (tertiary/aromatic N) is 1. The fraction of sp³-hybridized carbons (Fsp3) is 0.375. The number of rotatable bonds is 12. The van der Waals surface area contributed by atoms with Gasteiger partial charge in [0.25, 0.3) is 11.5 Å². The van der Waals surface area contributed by atoms with Gasteiger partial charge in [-0.15, -0.1) is 0 Å². The number of primary amides is 1. The van der Waals surface area contributed by atoms with Gasteiger partial charge in [0.1, 0.15) is 30.5 Å². The zero-order chi connectivity index (χ0) is 33.7. The van der Waals surface area contributed by atoms with Crippen LogP contribution in [0.15, 0.2) is 94.4 Å². The lowest BCUT2D eigenvalue weighted by atomic mass is 9.88. The summed E-state index contributed by atoms with van der Waals surface area (Å²) in [5.74, 6) is -2.23. The predicted molar refractivity (Wildman–Crippen MR) is 163 cm³/mol. The standard InChI is InChI=1S/C32H36N4O11/c1-44-25-24(40)30(36-15-13-22(38)35-32(36)43)46-26(25)27(28(33)41)47-31-23(39)20(37)16-21(45-31)29(42)34-14-12-19(17-8-4-2-5-9-17)18-10-6-3-7-11-18/h2-11,13,15-16,19-20,23-27,30-31,37,39-40H,12,14H2,1H3,(H2,33,41)(H,34,42)(H,35,38,43)/t20-,23-,24+,25-,26-,27+,30+,31+/m0/s1. The van der Waals surface area contributed by atoms with Gasteiger partial charge in [0.15, 0.2) is 18.1 Å². The van der Waals surface area contributed by atoms with Gasteiger partial charge in [-0.2, -0.15) is 0 Å². The zero-order valence-corrected chi connectivity index (χ0v) is 25.2. The lowest BCUT2D eigenvalue weighted by Gasteiger charge is -2.35. The second kappa shape index (κ2) is 14.8. The minimum atomic E-state index is -1.79. The van der Waals surface area contributed by atoms with Gasteiger partial charge in [-0.05, 0) is 23.6 Å². The number of carbonyl (C=O) groups excluding carboxylic acids is 2. The number of hydrogen-bond acceptors (Lipinski definition) is 11. The van der Waals surface area contributed by atoms with E-state index in [1.807, 2.05) is 65.6 Å². The summed E-state index contributed by atoms with van der Waals surface area (Å²) in [6, 6.07) is 20.6. The number of benzene rings is 2. The molecule has 2 aliphatic heterocycles. The molecule has 8 atom stereocenters. The van der Waals surface area contributed by atoms with Gasteiger partial charge in [-0.1, -0.05) is 60.7 Å². The summed E-state index contributed by atoms with van der Waals surface area (Å²) in [5, 5.41) is 34.8. The molecular formula is C32H36N4O11. The van der Waals surface area contributed by atoms with Crippen molar-refractivity contribution in [2.45, 2.75) is 61.5 Å². The van der Waals surface area contributed by atoms with Crippen LogP contribution in [0.1, 0.15) is 29.7 Å². The number of ether oxygens (including phenoxy) is 4. The molecule has 0 unspecified atom stereocenters. The Hall–Kier alpha value is -4.64. The Kier molecular flexibility index (Phi) is 10.7. The van der Waals surface area contributed by atoms with Crippen LogP contribution >= 0.6 is 0 Å². The Balaban J connectivity index is 1.27. The van der Waals surface area contributed by atoms with Gasteiger partial charge in [-0.3, -0.25) is 23.9 Å². The second-order valence-electron chi connectivity index (χ2n) is 11.1. The van der Waals surface area contributed by atoms with Gasteiger partial charge in [-0.25, -0.2) is 4.79 Å². The van der Waals surface area contributed by atoms with E-state index in [9.17, 15) is 34.5 Å². The number of aromatic amines is 1. The molecule has 2 amide bonds. The summed E-state index contributed by atoms with van der Waals surface area (Å²) < 4.78 is 23.3. The van der Waals surface area contributed by atoms with E-state index < -0.39 is 72.2 Å². The fourth-order valence-electron chi connectivity index (χ4n) is 5.70. The summed E-state index contributed by atoms with van der Waals surface area (Å²) in [5.41, 5.74) is 6.15. The molecule has 0 aliphatic carbocycles. The lowest BCUT2D eigenvalue weighted by molar-refractivity contribution is -0.241. The van der Waals surface area contributed by atoms with Crippen molar-refractivity contribution in [2.75, 3.05) is 13.7 Å². The molecule has 1 saturated heterocycles. The van der Waals surface area contributed by atoms with Crippen LogP contribution in [0.25, 0.3) is 0 Å². The molecule has 1 aromatic heterocycles. The van der Waals surface area contributed by atoms with E-state index in [2.05, 4.69) is 5.32 Å². The molecule has 5 rings (SSSR count). The third-order valence-electron chi connectivity index (χ3n) is 8.05. The largest absolute Gasteiger partial charge is 0.456 e. The van der Waals surface area contributed by atoms with Crippen LogP contribution in [0, 0.1) is 0 Å². The molecule has 250 valence electrons. The van der Waals surface area contributed by atoms with Crippen LogP contribution in [0.5, 0.6) is 0 Å². The van der Waals surface area contributed by atoms with Gasteiger partial charge < -0.3 is 45.3 Å². The highest BCUT2D eigenvalue weighted by atomic mass is 16.7. The van der Waals surface area contributed by atoms with Crippen LogP contribution in [-0.2, 0) is 28.5 Å². The van der Waals surface area contributed by atoms with Crippen molar-refractivity contribution >= 4 is 11.8 Å². The molecule has 0 radical (unpaired) electrons. The molecule has 15 heteroatoms. The molecule has 3 aromatic rings. The van der Waals surface area contributed by atoms with Crippen molar-refractivity contribution in [2.24, 2.45) is 5.73 Å². The van der Waals surface area contributed by atoms with Gasteiger partial charge in [0, 0.05) is 31.8 Å². The highest BCUT2D eigenvalue weighted by molar-refractivity contribution is 5.91. The maximum Gasteiger partial charge on any atom is 0.330 e. The Morgan fingerprint density at radius 2 is 1.64 bits per heavy atom. The number of nitrogens with one attached hydrogen (secondary N) is 2. The number of hydrogen-bond donors (Lipinski definition) is 6. The maximum atomic E-state index is 13.1. The SMILES string of the molecule is CO[C@H]1[C@@H](O)[C@H](n2ccc(=O)[nH]c2=O)O[C@@H]1[C@@H](O[C@H]1OC(C(=O)NCCC(c2ccccc2)c2ccccc2)=C[C@H](O)[C@@H]1O)C(N)=O. The van der Waals surface area contributed by atoms with Crippen molar-refractivity contribution in [1.82, 2.24) is 14.9 Å². The van der Waals surface area contributed by atoms with Crippen LogP contribution in [0.4, 0.5) is 0 Å². The molecule has 2 aromatic carbocycles. The van der Waals surface area contributed by atoms with E-state index in [1.54, 1.807) is 0 Å². The Bertz CT molecular complexity index is 1640. The van der Waals surface area contributed by atoms with E-state index in [1.165, 1.54) is 7.11 Å². The fourth-order valence-corrected chi connectivity index (χ4v) is 5.70. The minimum Gasteiger partial charge on any atom is -0.456 e. The van der Waals surface area contributed by atoms with E-state index in [4.69, 9.17) is 24.7 Å². The number of aliphatic hydroxyl groups excluding tert-OH is 3. The van der Waals surface area contributed by atoms with E-state index in [-0.39, 0.29) is 18.2 Å². The summed E-state index contributed by atoms with van der Waals surface area (Å²) in [6.07, 6.45) is -10.1. The Labute approximate surface area is 268 Å². The van der Waals surface area contributed by atoms with Crippen molar-refractivity contribution in [3.05, 3.63) is 117 Å². The predicted octanol–water partition coefficient (Wildman–Crippen LogP) is -1.02. The van der Waals surface area contributed by atoms with Crippen LogP contribution in [0.2, 0.25) is 0 Å². The zero-order valence-electron chi connectivity index (χ0n) is 25.2. The molecule has 3 heterocycles. The first-order chi connectivity index (χ1) is 22.6. The van der Waals surface area contributed by atoms with E-state index >= 15 is 0 Å². The van der Waals surface area contributed by atoms with Gasteiger partial charge in [0.2, 0.25) is 12.2 Å². The van der Waals surface area contributed by atoms with E-state index in [0.29, 0.717) is 6.42 Å². The number of amides is 2. The van der Waals surface area contributed by atoms with Crippen LogP contribution in [-0.4, -0.2) is 93.3 Å². The van der Waals surface area contributed by atoms with Crippen molar-refractivity contribution in [3.8, 4) is 0 Å². The van der Waals surface area contributed by atoms with Crippen molar-refractivity contribution in [1.29, 1.82) is 0 Å². The topological polar surface area (TPSA) is 225 Å². The number of H-pyrrole nitrogens is 1. The minimum absolute atomic E-state index is 0.0231. The summed E-state index contributed by atoms with van der Waals surface area (Å²) in [7, 11) is 1.21. The van der Waals surface area contributed by atoms with Crippen molar-refractivity contribution < 1.29 is 43.9 Å². The molecule has 2 aliphatic rings. The molecule has 0 spiro atoms. The summed E-state index contributed by atoms with van der Waals surface area (Å²) in [4.78, 5) is 51.6.